The topological polar surface area (TPSA) is 54.0 Å². The van der Waals surface area contributed by atoms with E-state index in [0.29, 0.717) is 16.3 Å². The number of amides is 1. The largest absolute Gasteiger partial charge is 0.379 e. The summed E-state index contributed by atoms with van der Waals surface area (Å²) in [5.41, 5.74) is 2.86. The van der Waals surface area contributed by atoms with Crippen molar-refractivity contribution in [3.05, 3.63) is 52.8 Å². The lowest BCUT2D eigenvalue weighted by Crippen LogP contribution is -2.26. The van der Waals surface area contributed by atoms with Crippen molar-refractivity contribution < 1.29 is 4.79 Å². The first kappa shape index (κ1) is 16.3. The Kier molecular flexibility index (Phi) is 4.71. The summed E-state index contributed by atoms with van der Waals surface area (Å²) in [6, 6.07) is 7.18. The van der Waals surface area contributed by atoms with Crippen molar-refractivity contribution in [3.63, 3.8) is 0 Å². The number of rotatable bonds is 3. The standard InChI is InChI=1S/C17H20ClN3O/c1-11-5-6-13(18)8-15(11)20-16(22)12-7-14(10-19-9-12)21-17(2,3)4/h5-10,21H,1-4H3,(H,20,22). The van der Waals surface area contributed by atoms with Gasteiger partial charge in [-0.2, -0.15) is 0 Å². The molecule has 0 atom stereocenters. The van der Waals surface area contributed by atoms with Gasteiger partial charge in [-0.15, -0.1) is 0 Å². The van der Waals surface area contributed by atoms with Gasteiger partial charge >= 0.3 is 0 Å². The molecule has 0 bridgehead atoms. The van der Waals surface area contributed by atoms with Crippen molar-refractivity contribution in [3.8, 4) is 0 Å². The third-order valence-electron chi connectivity index (χ3n) is 2.97. The minimum atomic E-state index is -0.213. The summed E-state index contributed by atoms with van der Waals surface area (Å²) in [6.07, 6.45) is 3.25. The van der Waals surface area contributed by atoms with Crippen LogP contribution in [0.4, 0.5) is 11.4 Å². The Bertz CT molecular complexity index is 693. The fraction of sp³-hybridized carbons (Fsp3) is 0.294. The van der Waals surface area contributed by atoms with Gasteiger partial charge in [-0.1, -0.05) is 17.7 Å². The van der Waals surface area contributed by atoms with Gasteiger partial charge < -0.3 is 10.6 Å². The maximum absolute atomic E-state index is 12.4. The summed E-state index contributed by atoms with van der Waals surface area (Å²) in [6.45, 7) is 8.07. The highest BCUT2D eigenvalue weighted by Gasteiger charge is 2.13. The third kappa shape index (κ3) is 4.46. The maximum atomic E-state index is 12.4. The van der Waals surface area contributed by atoms with E-state index >= 15 is 0 Å². The fourth-order valence-electron chi connectivity index (χ4n) is 1.99. The lowest BCUT2D eigenvalue weighted by molar-refractivity contribution is 0.102. The number of hydrogen-bond donors (Lipinski definition) is 2. The number of halogens is 1. The first-order valence-corrected chi connectivity index (χ1v) is 7.43. The van der Waals surface area contributed by atoms with Crippen LogP contribution >= 0.6 is 11.6 Å². The molecule has 116 valence electrons. The average molecular weight is 318 g/mol. The first-order valence-electron chi connectivity index (χ1n) is 7.05. The van der Waals surface area contributed by atoms with Crippen LogP contribution in [0.25, 0.3) is 0 Å². The van der Waals surface area contributed by atoms with Crippen LogP contribution in [0.15, 0.2) is 36.7 Å². The summed E-state index contributed by atoms with van der Waals surface area (Å²) in [5.74, 6) is -0.213. The molecule has 0 spiro atoms. The lowest BCUT2D eigenvalue weighted by atomic mass is 10.1. The number of carbonyl (C=O) groups is 1. The number of hydrogen-bond acceptors (Lipinski definition) is 3. The molecule has 0 fully saturated rings. The van der Waals surface area contributed by atoms with E-state index in [1.54, 1.807) is 30.6 Å². The van der Waals surface area contributed by atoms with Crippen molar-refractivity contribution in [2.75, 3.05) is 10.6 Å². The molecule has 0 aliphatic heterocycles. The Labute approximate surface area is 135 Å². The van der Waals surface area contributed by atoms with Crippen LogP contribution in [-0.4, -0.2) is 16.4 Å². The first-order chi connectivity index (χ1) is 10.2. The van der Waals surface area contributed by atoms with Crippen molar-refractivity contribution in [1.82, 2.24) is 4.98 Å². The summed E-state index contributed by atoms with van der Waals surface area (Å²) in [5, 5.41) is 6.75. The highest BCUT2D eigenvalue weighted by Crippen LogP contribution is 2.21. The SMILES string of the molecule is Cc1ccc(Cl)cc1NC(=O)c1cncc(NC(C)(C)C)c1. The van der Waals surface area contributed by atoms with Gasteiger partial charge in [0.05, 0.1) is 11.3 Å². The predicted molar refractivity (Wildman–Crippen MR) is 91.8 cm³/mol. The zero-order chi connectivity index (χ0) is 16.3. The van der Waals surface area contributed by atoms with Crippen LogP contribution in [0.2, 0.25) is 5.02 Å². The van der Waals surface area contributed by atoms with E-state index in [9.17, 15) is 4.79 Å². The molecule has 0 unspecified atom stereocenters. The molecule has 22 heavy (non-hydrogen) atoms. The highest BCUT2D eigenvalue weighted by atomic mass is 35.5. The second kappa shape index (κ2) is 6.36. The number of pyridine rings is 1. The molecule has 1 aromatic heterocycles. The molecule has 1 aromatic carbocycles. The van der Waals surface area contributed by atoms with Crippen LogP contribution in [0.5, 0.6) is 0 Å². The molecule has 0 radical (unpaired) electrons. The van der Waals surface area contributed by atoms with E-state index < -0.39 is 0 Å². The van der Waals surface area contributed by atoms with E-state index in [2.05, 4.69) is 36.4 Å². The van der Waals surface area contributed by atoms with Gasteiger partial charge in [0.2, 0.25) is 0 Å². The van der Waals surface area contributed by atoms with Gasteiger partial charge in [0.25, 0.3) is 5.91 Å². The van der Waals surface area contributed by atoms with Gasteiger partial charge in [-0.25, -0.2) is 0 Å². The summed E-state index contributed by atoms with van der Waals surface area (Å²) < 4.78 is 0. The van der Waals surface area contributed by atoms with Crippen LogP contribution in [0.1, 0.15) is 36.7 Å². The third-order valence-corrected chi connectivity index (χ3v) is 3.20. The molecule has 5 heteroatoms. The molecule has 0 aliphatic rings. The summed E-state index contributed by atoms with van der Waals surface area (Å²) >= 11 is 5.97. The number of aromatic nitrogens is 1. The zero-order valence-corrected chi connectivity index (χ0v) is 14.0. The quantitative estimate of drug-likeness (QED) is 0.876. The molecule has 4 nitrogen and oxygen atoms in total. The molecule has 0 saturated carbocycles. The maximum Gasteiger partial charge on any atom is 0.257 e. The van der Waals surface area contributed by atoms with E-state index in [4.69, 9.17) is 11.6 Å². The molecule has 2 N–H and O–H groups in total. The van der Waals surface area contributed by atoms with Gasteiger partial charge in [-0.05, 0) is 51.5 Å². The Hall–Kier alpha value is -2.07. The molecule has 0 aliphatic carbocycles. The van der Waals surface area contributed by atoms with Crippen LogP contribution in [0.3, 0.4) is 0 Å². The van der Waals surface area contributed by atoms with Crippen molar-refractivity contribution in [2.45, 2.75) is 33.2 Å². The Balaban J connectivity index is 2.19. The molecule has 2 rings (SSSR count). The van der Waals surface area contributed by atoms with E-state index in [1.165, 1.54) is 0 Å². The summed E-state index contributed by atoms with van der Waals surface area (Å²) in [4.78, 5) is 16.5. The van der Waals surface area contributed by atoms with Crippen molar-refractivity contribution in [2.24, 2.45) is 0 Å². The van der Waals surface area contributed by atoms with Gasteiger partial charge in [0, 0.05) is 28.6 Å². The highest BCUT2D eigenvalue weighted by molar-refractivity contribution is 6.31. The molecule has 1 amide bonds. The molecular formula is C17H20ClN3O. The molecule has 2 aromatic rings. The second-order valence-electron chi connectivity index (χ2n) is 6.25. The normalized spacial score (nSPS) is 11.1. The number of benzene rings is 1. The number of carbonyl (C=O) groups excluding carboxylic acids is 1. The lowest BCUT2D eigenvalue weighted by Gasteiger charge is -2.22. The Morgan fingerprint density at radius 3 is 2.59 bits per heavy atom. The molecule has 0 saturated heterocycles. The Morgan fingerprint density at radius 2 is 1.91 bits per heavy atom. The number of aryl methyl sites for hydroxylation is 1. The van der Waals surface area contributed by atoms with Crippen LogP contribution in [-0.2, 0) is 0 Å². The van der Waals surface area contributed by atoms with Gasteiger partial charge in [0.15, 0.2) is 0 Å². The number of nitrogens with zero attached hydrogens (tertiary/aromatic N) is 1. The van der Waals surface area contributed by atoms with E-state index in [1.807, 2.05) is 13.0 Å². The molecule has 1 heterocycles. The van der Waals surface area contributed by atoms with E-state index in [0.717, 1.165) is 11.3 Å². The minimum absolute atomic E-state index is 0.0969. The van der Waals surface area contributed by atoms with Crippen molar-refractivity contribution in [1.29, 1.82) is 0 Å². The monoisotopic (exact) mass is 317 g/mol. The number of nitrogens with one attached hydrogen (secondary N) is 2. The Morgan fingerprint density at radius 1 is 1.18 bits per heavy atom. The predicted octanol–water partition coefficient (Wildman–Crippen LogP) is 4.51. The van der Waals surface area contributed by atoms with E-state index in [-0.39, 0.29) is 11.4 Å². The smallest absolute Gasteiger partial charge is 0.257 e. The minimum Gasteiger partial charge on any atom is -0.379 e. The summed E-state index contributed by atoms with van der Waals surface area (Å²) in [7, 11) is 0. The fourth-order valence-corrected chi connectivity index (χ4v) is 2.16. The average Bonchev–Trinajstić information content (AvgIpc) is 2.41. The van der Waals surface area contributed by atoms with Crippen LogP contribution in [0, 0.1) is 6.92 Å². The molecular weight excluding hydrogens is 298 g/mol. The second-order valence-corrected chi connectivity index (χ2v) is 6.69. The van der Waals surface area contributed by atoms with Gasteiger partial charge in [0.1, 0.15) is 0 Å². The van der Waals surface area contributed by atoms with Gasteiger partial charge in [-0.3, -0.25) is 9.78 Å². The zero-order valence-electron chi connectivity index (χ0n) is 13.2. The van der Waals surface area contributed by atoms with Crippen molar-refractivity contribution >= 4 is 28.9 Å². The van der Waals surface area contributed by atoms with Crippen LogP contribution < -0.4 is 10.6 Å². The number of anilines is 2.